The molecular weight excluding hydrogens is 229 g/mol. The smallest absolute Gasteiger partial charge is 0.451 e. The first-order valence-corrected chi connectivity index (χ1v) is 4.86. The third-order valence-electron chi connectivity index (χ3n) is 2.13. The van der Waals surface area contributed by atoms with Crippen LogP contribution in [0.4, 0.5) is 17.3 Å². The second-order valence-electron chi connectivity index (χ2n) is 3.22. The van der Waals surface area contributed by atoms with Gasteiger partial charge in [0.25, 0.3) is 6.23 Å². The van der Waals surface area contributed by atoms with Crippen molar-refractivity contribution < 1.29 is 31.3 Å². The fourth-order valence-corrected chi connectivity index (χ4v) is 1.40. The summed E-state index contributed by atoms with van der Waals surface area (Å²) >= 11 is 0. The third kappa shape index (κ3) is 6.65. The van der Waals surface area contributed by atoms with E-state index in [0.717, 1.165) is 18.9 Å². The van der Waals surface area contributed by atoms with Gasteiger partial charge in [0.05, 0.1) is 13.5 Å². The van der Waals surface area contributed by atoms with E-state index >= 15 is 0 Å². The summed E-state index contributed by atoms with van der Waals surface area (Å²) in [7, 11) is -2.56. The van der Waals surface area contributed by atoms with Gasteiger partial charge in [-0.05, 0) is 0 Å². The van der Waals surface area contributed by atoms with Crippen molar-refractivity contribution in [1.29, 1.82) is 0 Å². The Morgan fingerprint density at radius 2 is 1.75 bits per heavy atom. The lowest BCUT2D eigenvalue weighted by molar-refractivity contribution is -0.606. The van der Waals surface area contributed by atoms with Crippen LogP contribution < -0.4 is 0 Å². The molecular formula is C8H16BF4NO2. The summed E-state index contributed by atoms with van der Waals surface area (Å²) in [5.41, 5.74) is 0. The lowest BCUT2D eigenvalue weighted by atomic mass is 10.3. The zero-order valence-electron chi connectivity index (χ0n) is 9.55. The molecule has 16 heavy (non-hydrogen) atoms. The first-order valence-electron chi connectivity index (χ1n) is 4.86. The summed E-state index contributed by atoms with van der Waals surface area (Å²) in [6.45, 7) is 3.09. The standard InChI is InChI=1S/C8H16NO2.BF4/c1-7(10-2)9-6-4-5-8(9)11-3;2-1(3,4)5/h7H,4-6H2,1-3H3;/q+1;-1. The summed E-state index contributed by atoms with van der Waals surface area (Å²) in [6, 6.07) is 0. The van der Waals surface area contributed by atoms with Crippen molar-refractivity contribution in [1.82, 2.24) is 0 Å². The summed E-state index contributed by atoms with van der Waals surface area (Å²) in [6.07, 6.45) is 2.37. The molecule has 1 atom stereocenters. The van der Waals surface area contributed by atoms with Gasteiger partial charge in [0, 0.05) is 20.5 Å². The molecule has 1 aliphatic rings. The van der Waals surface area contributed by atoms with E-state index < -0.39 is 7.25 Å². The van der Waals surface area contributed by atoms with Crippen molar-refractivity contribution in [3.63, 3.8) is 0 Å². The highest BCUT2D eigenvalue weighted by Gasteiger charge is 2.27. The Labute approximate surface area is 92.1 Å². The molecule has 0 N–H and O–H groups in total. The number of hydrogen-bond donors (Lipinski definition) is 0. The van der Waals surface area contributed by atoms with E-state index in [4.69, 9.17) is 9.47 Å². The molecule has 1 heterocycles. The lowest BCUT2D eigenvalue weighted by Crippen LogP contribution is -2.27. The largest absolute Gasteiger partial charge is 0.673 e. The van der Waals surface area contributed by atoms with Crippen molar-refractivity contribution in [2.24, 2.45) is 0 Å². The Hall–Kier alpha value is -0.785. The summed E-state index contributed by atoms with van der Waals surface area (Å²) in [5.74, 6) is 1.05. The molecule has 0 fully saturated rings. The van der Waals surface area contributed by atoms with Gasteiger partial charge < -0.3 is 26.7 Å². The van der Waals surface area contributed by atoms with E-state index in [0.29, 0.717) is 0 Å². The highest BCUT2D eigenvalue weighted by molar-refractivity contribution is 6.50. The summed E-state index contributed by atoms with van der Waals surface area (Å²) < 4.78 is 51.6. The van der Waals surface area contributed by atoms with Crippen molar-refractivity contribution in [2.75, 3.05) is 20.8 Å². The van der Waals surface area contributed by atoms with Crippen LogP contribution in [0.15, 0.2) is 0 Å². The molecule has 0 aromatic carbocycles. The van der Waals surface area contributed by atoms with Gasteiger partial charge in [-0.15, -0.1) is 0 Å². The predicted octanol–water partition coefficient (Wildman–Crippen LogP) is 2.13. The van der Waals surface area contributed by atoms with Gasteiger partial charge >= 0.3 is 13.2 Å². The number of hydrogen-bond acceptors (Lipinski definition) is 2. The van der Waals surface area contributed by atoms with E-state index in [1.165, 1.54) is 6.42 Å². The Bertz CT molecular complexity index is 239. The van der Waals surface area contributed by atoms with Crippen LogP contribution in [0, 0.1) is 0 Å². The first-order chi connectivity index (χ1) is 7.29. The quantitative estimate of drug-likeness (QED) is 0.422. The average Bonchev–Trinajstić information content (AvgIpc) is 2.61. The molecule has 0 radical (unpaired) electrons. The molecule has 0 aromatic rings. The third-order valence-corrected chi connectivity index (χ3v) is 2.13. The Morgan fingerprint density at radius 3 is 2.12 bits per heavy atom. The summed E-state index contributed by atoms with van der Waals surface area (Å²) in [4.78, 5) is 0. The van der Waals surface area contributed by atoms with Gasteiger partial charge in [-0.25, -0.2) is 0 Å². The van der Waals surface area contributed by atoms with Crippen LogP contribution in [-0.2, 0) is 9.47 Å². The molecule has 3 nitrogen and oxygen atoms in total. The van der Waals surface area contributed by atoms with E-state index in [1.54, 1.807) is 14.2 Å². The molecule has 1 aliphatic heterocycles. The fraction of sp³-hybridized carbons (Fsp3) is 0.875. The molecule has 0 saturated heterocycles. The molecule has 0 saturated carbocycles. The molecule has 0 bridgehead atoms. The van der Waals surface area contributed by atoms with E-state index in [-0.39, 0.29) is 6.23 Å². The van der Waals surface area contributed by atoms with E-state index in [2.05, 4.69) is 4.58 Å². The maximum absolute atomic E-state index is 9.75. The first kappa shape index (κ1) is 15.2. The van der Waals surface area contributed by atoms with Gasteiger partial charge in [-0.2, -0.15) is 4.58 Å². The number of nitrogens with zero attached hydrogens (tertiary/aromatic N) is 1. The van der Waals surface area contributed by atoms with Crippen molar-refractivity contribution in [3.8, 4) is 0 Å². The monoisotopic (exact) mass is 245 g/mol. The minimum Gasteiger partial charge on any atom is -0.451 e. The van der Waals surface area contributed by atoms with Crippen LogP contribution in [0.2, 0.25) is 0 Å². The Morgan fingerprint density at radius 1 is 1.25 bits per heavy atom. The molecule has 8 heteroatoms. The van der Waals surface area contributed by atoms with Crippen LogP contribution in [0.1, 0.15) is 19.8 Å². The van der Waals surface area contributed by atoms with Crippen LogP contribution in [0.3, 0.4) is 0 Å². The number of halogens is 4. The van der Waals surface area contributed by atoms with E-state index in [1.807, 2.05) is 6.92 Å². The van der Waals surface area contributed by atoms with Crippen LogP contribution in [-0.4, -0.2) is 44.7 Å². The van der Waals surface area contributed by atoms with Gasteiger partial charge in [-0.1, -0.05) is 0 Å². The predicted molar refractivity (Wildman–Crippen MR) is 53.0 cm³/mol. The topological polar surface area (TPSA) is 21.5 Å². The number of methoxy groups -OCH3 is 2. The van der Waals surface area contributed by atoms with Crippen LogP contribution >= 0.6 is 0 Å². The average molecular weight is 245 g/mol. The SMILES string of the molecule is COC1=[N+](C(C)OC)CCC1.F[B-](F)(F)F. The molecule has 0 spiro atoms. The molecule has 1 unspecified atom stereocenters. The number of rotatable bonds is 2. The second kappa shape index (κ2) is 6.72. The highest BCUT2D eigenvalue weighted by Crippen LogP contribution is 2.08. The zero-order valence-corrected chi connectivity index (χ0v) is 9.55. The van der Waals surface area contributed by atoms with Gasteiger partial charge in [0.2, 0.25) is 0 Å². The van der Waals surface area contributed by atoms with Crippen molar-refractivity contribution in [2.45, 2.75) is 26.0 Å². The minimum atomic E-state index is -6.00. The molecule has 0 aliphatic carbocycles. The Balaban J connectivity index is 0.000000385. The van der Waals surface area contributed by atoms with Crippen LogP contribution in [0.5, 0.6) is 0 Å². The van der Waals surface area contributed by atoms with Gasteiger partial charge in [-0.3, -0.25) is 0 Å². The number of ether oxygens (including phenoxy) is 2. The fourth-order valence-electron chi connectivity index (χ4n) is 1.40. The molecule has 96 valence electrons. The molecule has 0 aromatic heterocycles. The van der Waals surface area contributed by atoms with Crippen LogP contribution in [0.25, 0.3) is 0 Å². The maximum Gasteiger partial charge on any atom is 0.673 e. The highest BCUT2D eigenvalue weighted by atomic mass is 19.5. The zero-order chi connectivity index (χ0) is 12.8. The minimum absolute atomic E-state index is 0.146. The van der Waals surface area contributed by atoms with Gasteiger partial charge in [0.15, 0.2) is 0 Å². The van der Waals surface area contributed by atoms with E-state index in [9.17, 15) is 17.3 Å². The maximum atomic E-state index is 9.75. The molecule has 1 rings (SSSR count). The Kier molecular flexibility index (Phi) is 6.39. The lowest BCUT2D eigenvalue weighted by Gasteiger charge is -2.06. The normalized spacial score (nSPS) is 17.9. The summed E-state index contributed by atoms with van der Waals surface area (Å²) in [5, 5.41) is 0. The van der Waals surface area contributed by atoms with Crippen molar-refractivity contribution >= 4 is 13.2 Å². The van der Waals surface area contributed by atoms with Crippen molar-refractivity contribution in [3.05, 3.63) is 0 Å². The molecule has 0 amide bonds. The van der Waals surface area contributed by atoms with Gasteiger partial charge in [0.1, 0.15) is 6.54 Å². The second-order valence-corrected chi connectivity index (χ2v) is 3.22.